The molecule has 3 saturated heterocycles. The maximum Gasteiger partial charge on any atom is 0.253 e. The summed E-state index contributed by atoms with van der Waals surface area (Å²) in [5.41, 5.74) is 1.36. The van der Waals surface area contributed by atoms with Crippen LogP contribution in [0.2, 0.25) is 0 Å². The third kappa shape index (κ3) is 6.28. The smallest absolute Gasteiger partial charge is 0.253 e. The molecular formula is C24H37N3O6S. The van der Waals surface area contributed by atoms with Crippen molar-refractivity contribution in [2.45, 2.75) is 62.6 Å². The number of ether oxygens (including phenoxy) is 3. The molecular weight excluding hydrogens is 458 g/mol. The minimum absolute atomic E-state index is 0.0323. The summed E-state index contributed by atoms with van der Waals surface area (Å²) in [6.07, 6.45) is 5.80. The molecule has 4 rings (SSSR count). The molecule has 1 N–H and O–H groups in total. The second-order valence-corrected chi connectivity index (χ2v) is 11.1. The summed E-state index contributed by atoms with van der Waals surface area (Å²) >= 11 is 0. The van der Waals surface area contributed by atoms with E-state index >= 15 is 0 Å². The Hall–Kier alpha value is -1.72. The molecule has 190 valence electrons. The average molecular weight is 496 g/mol. The molecule has 3 aliphatic rings. The minimum atomic E-state index is -3.68. The van der Waals surface area contributed by atoms with Gasteiger partial charge in [0, 0.05) is 32.8 Å². The molecule has 2 atom stereocenters. The third-order valence-corrected chi connectivity index (χ3v) is 8.60. The highest BCUT2D eigenvalue weighted by Gasteiger charge is 2.28. The Labute approximate surface area is 202 Å². The van der Waals surface area contributed by atoms with Gasteiger partial charge in [-0.15, -0.1) is 0 Å². The second-order valence-electron chi connectivity index (χ2n) is 9.20. The fourth-order valence-electron chi connectivity index (χ4n) is 4.64. The maximum atomic E-state index is 13.3. The number of sulfonamides is 1. The molecule has 0 spiro atoms. The molecule has 0 aliphatic carbocycles. The van der Waals surface area contributed by atoms with Gasteiger partial charge in [-0.05, 0) is 50.8 Å². The third-order valence-electron chi connectivity index (χ3n) is 6.71. The van der Waals surface area contributed by atoms with Crippen molar-refractivity contribution in [3.8, 4) is 0 Å². The number of anilines is 2. The number of amides is 1. The SMILES string of the molecule is CC(OCC1CCCO1)C(=O)Nc1cc(S(=O)(=O)N2CCOCC2)ccc1N1CCCCCC1. The van der Waals surface area contributed by atoms with E-state index in [1.165, 1.54) is 17.1 Å². The number of hydrogen-bond acceptors (Lipinski definition) is 7. The highest BCUT2D eigenvalue weighted by atomic mass is 32.2. The van der Waals surface area contributed by atoms with Gasteiger partial charge in [-0.25, -0.2) is 8.42 Å². The number of carbonyl (C=O) groups is 1. The van der Waals surface area contributed by atoms with E-state index in [4.69, 9.17) is 14.2 Å². The van der Waals surface area contributed by atoms with Gasteiger partial charge >= 0.3 is 0 Å². The van der Waals surface area contributed by atoms with Gasteiger partial charge in [0.1, 0.15) is 6.10 Å². The van der Waals surface area contributed by atoms with Gasteiger partial charge in [-0.1, -0.05) is 12.8 Å². The molecule has 0 aromatic heterocycles. The first-order valence-electron chi connectivity index (χ1n) is 12.5. The monoisotopic (exact) mass is 495 g/mol. The number of nitrogens with one attached hydrogen (secondary N) is 1. The predicted molar refractivity (Wildman–Crippen MR) is 130 cm³/mol. The average Bonchev–Trinajstić information content (AvgIpc) is 3.23. The molecule has 2 unspecified atom stereocenters. The predicted octanol–water partition coefficient (Wildman–Crippen LogP) is 2.61. The van der Waals surface area contributed by atoms with Gasteiger partial charge in [-0.2, -0.15) is 4.31 Å². The van der Waals surface area contributed by atoms with Crippen LogP contribution in [-0.4, -0.2) is 83.4 Å². The lowest BCUT2D eigenvalue weighted by Gasteiger charge is -2.28. The fraction of sp³-hybridized carbons (Fsp3) is 0.708. The van der Waals surface area contributed by atoms with Crippen molar-refractivity contribution < 1.29 is 27.4 Å². The van der Waals surface area contributed by atoms with Crippen molar-refractivity contribution >= 4 is 27.3 Å². The van der Waals surface area contributed by atoms with Crippen LogP contribution in [0.25, 0.3) is 0 Å². The van der Waals surface area contributed by atoms with Crippen LogP contribution in [0.4, 0.5) is 11.4 Å². The molecule has 9 nitrogen and oxygen atoms in total. The van der Waals surface area contributed by atoms with E-state index < -0.39 is 16.1 Å². The van der Waals surface area contributed by atoms with Crippen LogP contribution in [0.15, 0.2) is 23.1 Å². The van der Waals surface area contributed by atoms with Gasteiger partial charge in [0.25, 0.3) is 5.91 Å². The van der Waals surface area contributed by atoms with Crippen LogP contribution in [-0.2, 0) is 29.0 Å². The number of carbonyl (C=O) groups excluding carboxylic acids is 1. The van der Waals surface area contributed by atoms with Crippen molar-refractivity contribution in [3.63, 3.8) is 0 Å². The highest BCUT2D eigenvalue weighted by molar-refractivity contribution is 7.89. The van der Waals surface area contributed by atoms with E-state index in [-0.39, 0.29) is 16.9 Å². The van der Waals surface area contributed by atoms with Crippen LogP contribution < -0.4 is 10.2 Å². The first-order chi connectivity index (χ1) is 16.4. The van der Waals surface area contributed by atoms with Gasteiger partial charge in [-0.3, -0.25) is 4.79 Å². The normalized spacial score (nSPS) is 23.4. The molecule has 3 aliphatic heterocycles. The summed E-state index contributed by atoms with van der Waals surface area (Å²) in [6, 6.07) is 5.07. The van der Waals surface area contributed by atoms with E-state index in [2.05, 4.69) is 10.2 Å². The van der Waals surface area contributed by atoms with Crippen molar-refractivity contribution in [3.05, 3.63) is 18.2 Å². The molecule has 0 saturated carbocycles. The van der Waals surface area contributed by atoms with Gasteiger partial charge in [0.15, 0.2) is 0 Å². The Bertz CT molecular complexity index is 921. The van der Waals surface area contributed by atoms with Crippen LogP contribution >= 0.6 is 0 Å². The Morgan fingerprint density at radius 1 is 1.09 bits per heavy atom. The van der Waals surface area contributed by atoms with Crippen molar-refractivity contribution in [1.82, 2.24) is 4.31 Å². The Balaban J connectivity index is 1.54. The zero-order valence-corrected chi connectivity index (χ0v) is 20.9. The van der Waals surface area contributed by atoms with E-state index in [1.807, 2.05) is 6.07 Å². The highest BCUT2D eigenvalue weighted by Crippen LogP contribution is 2.32. The van der Waals surface area contributed by atoms with E-state index in [0.29, 0.717) is 38.6 Å². The van der Waals surface area contributed by atoms with Crippen molar-refractivity contribution in [2.24, 2.45) is 0 Å². The number of benzene rings is 1. The quantitative estimate of drug-likeness (QED) is 0.592. The van der Waals surface area contributed by atoms with E-state index in [0.717, 1.165) is 51.1 Å². The topological polar surface area (TPSA) is 97.4 Å². The van der Waals surface area contributed by atoms with Gasteiger partial charge < -0.3 is 24.4 Å². The van der Waals surface area contributed by atoms with Crippen LogP contribution in [0.3, 0.4) is 0 Å². The lowest BCUT2D eigenvalue weighted by atomic mass is 10.2. The number of nitrogens with zero attached hydrogens (tertiary/aromatic N) is 2. The second kappa shape index (κ2) is 11.8. The zero-order valence-electron chi connectivity index (χ0n) is 20.0. The van der Waals surface area contributed by atoms with Gasteiger partial charge in [0.2, 0.25) is 10.0 Å². The van der Waals surface area contributed by atoms with Crippen LogP contribution in [0.1, 0.15) is 45.4 Å². The minimum Gasteiger partial charge on any atom is -0.379 e. The Kier molecular flexibility index (Phi) is 8.81. The zero-order chi connectivity index (χ0) is 24.0. The Morgan fingerprint density at radius 2 is 1.82 bits per heavy atom. The summed E-state index contributed by atoms with van der Waals surface area (Å²) < 4.78 is 44.6. The maximum absolute atomic E-state index is 13.3. The summed E-state index contributed by atoms with van der Waals surface area (Å²) in [7, 11) is -3.68. The molecule has 34 heavy (non-hydrogen) atoms. The van der Waals surface area contributed by atoms with Crippen LogP contribution in [0.5, 0.6) is 0 Å². The fourth-order valence-corrected chi connectivity index (χ4v) is 6.07. The number of morpholine rings is 1. The first kappa shape index (κ1) is 25.4. The first-order valence-corrected chi connectivity index (χ1v) is 13.9. The lowest BCUT2D eigenvalue weighted by molar-refractivity contribution is -0.128. The van der Waals surface area contributed by atoms with E-state index in [1.54, 1.807) is 19.1 Å². The molecule has 0 bridgehead atoms. The lowest BCUT2D eigenvalue weighted by Crippen LogP contribution is -2.40. The standard InChI is InChI=1S/C24H37N3O6S/c1-19(33-18-20-7-6-14-32-20)24(28)25-22-17-21(34(29,30)27-12-15-31-16-13-27)8-9-23(22)26-10-4-2-3-5-11-26/h8-9,17,19-20H,2-7,10-16,18H2,1H3,(H,25,28). The molecule has 10 heteroatoms. The van der Waals surface area contributed by atoms with E-state index in [9.17, 15) is 13.2 Å². The largest absolute Gasteiger partial charge is 0.379 e. The summed E-state index contributed by atoms with van der Waals surface area (Å²) in [5.74, 6) is -0.296. The Morgan fingerprint density at radius 3 is 2.50 bits per heavy atom. The molecule has 1 aromatic rings. The molecule has 1 aromatic carbocycles. The summed E-state index contributed by atoms with van der Waals surface area (Å²) in [6.45, 7) is 6.00. The van der Waals surface area contributed by atoms with Gasteiger partial charge in [0.05, 0.1) is 42.2 Å². The summed E-state index contributed by atoms with van der Waals surface area (Å²) in [4.78, 5) is 15.4. The van der Waals surface area contributed by atoms with Crippen molar-refractivity contribution in [2.75, 3.05) is 62.8 Å². The van der Waals surface area contributed by atoms with Crippen LogP contribution in [0, 0.1) is 0 Å². The van der Waals surface area contributed by atoms with Crippen molar-refractivity contribution in [1.29, 1.82) is 0 Å². The summed E-state index contributed by atoms with van der Waals surface area (Å²) in [5, 5.41) is 2.96. The molecule has 1 amide bonds. The molecule has 3 fully saturated rings. The molecule has 3 heterocycles. The molecule has 0 radical (unpaired) electrons. The number of hydrogen-bond donors (Lipinski definition) is 1. The number of rotatable bonds is 8.